The van der Waals surface area contributed by atoms with Gasteiger partial charge in [0.05, 0.1) is 48.5 Å². The number of rotatable bonds is 9. The first-order chi connectivity index (χ1) is 35.2. The smallest absolute Gasteiger partial charge is 0.310 e. The summed E-state index contributed by atoms with van der Waals surface area (Å²) in [7, 11) is 4.80. The van der Waals surface area contributed by atoms with E-state index in [1.807, 2.05) is 45.0 Å². The lowest BCUT2D eigenvalue weighted by Crippen LogP contribution is -2.59. The largest absolute Gasteiger partial charge is 0.465 e. The summed E-state index contributed by atoms with van der Waals surface area (Å²) >= 11 is 0. The van der Waals surface area contributed by atoms with Crippen LogP contribution in [0, 0.1) is 35.0 Å². The van der Waals surface area contributed by atoms with Crippen LogP contribution < -0.4 is 10.7 Å². The Hall–Kier alpha value is -6.22. The zero-order chi connectivity index (χ0) is 53.2. The van der Waals surface area contributed by atoms with Crippen LogP contribution in [0.5, 0.6) is 0 Å². The van der Waals surface area contributed by atoms with Crippen molar-refractivity contribution in [2.75, 3.05) is 60.5 Å². The molecule has 4 aliphatic rings. The number of nitrogens with zero attached hydrogens (tertiary/aromatic N) is 6. The third-order valence-corrected chi connectivity index (χ3v) is 15.3. The molecule has 0 saturated carbocycles. The molecule has 396 valence electrons. The first-order valence-corrected chi connectivity index (χ1v) is 26.1. The molecule has 15 nitrogen and oxygen atoms in total. The number of hydrogen-bond donors (Lipinski definition) is 2. The minimum atomic E-state index is -2.87. The highest BCUT2D eigenvalue weighted by Crippen LogP contribution is 2.42. The lowest BCUT2D eigenvalue weighted by atomic mass is 9.84. The summed E-state index contributed by atoms with van der Waals surface area (Å²) in [6.45, 7) is 13.2. The van der Waals surface area contributed by atoms with Crippen molar-refractivity contribution in [3.05, 3.63) is 77.6 Å². The Kier molecular flexibility index (Phi) is 16.3. The van der Waals surface area contributed by atoms with Gasteiger partial charge in [-0.15, -0.1) is 0 Å². The number of hydrazine groups is 1. The number of benzene rings is 2. The molecule has 4 aliphatic heterocycles. The highest BCUT2D eigenvalue weighted by Gasteiger charge is 2.43. The fraction of sp³-hybridized carbons (Fsp3) is 0.544. The summed E-state index contributed by atoms with van der Waals surface area (Å²) < 4.78 is 42.2. The molecule has 6 atom stereocenters. The number of alkyl halides is 2. The molecule has 6 heterocycles. The number of methoxy groups -OCH3 is 1. The predicted octanol–water partition coefficient (Wildman–Crippen LogP) is 6.67. The second-order valence-corrected chi connectivity index (χ2v) is 21.9. The van der Waals surface area contributed by atoms with E-state index in [0.717, 1.165) is 50.1 Å². The van der Waals surface area contributed by atoms with E-state index in [0.29, 0.717) is 32.2 Å². The topological polar surface area (TPSA) is 159 Å². The van der Waals surface area contributed by atoms with Gasteiger partial charge in [-0.05, 0) is 105 Å². The van der Waals surface area contributed by atoms with E-state index in [1.165, 1.54) is 19.7 Å². The molecule has 2 aromatic heterocycles. The van der Waals surface area contributed by atoms with Gasteiger partial charge < -0.3 is 29.2 Å². The molecule has 0 aliphatic carbocycles. The molecule has 6 bridgehead atoms. The molecule has 4 amide bonds. The number of hydrogen-bond acceptors (Lipinski definition) is 10. The van der Waals surface area contributed by atoms with E-state index in [9.17, 15) is 32.8 Å². The Bertz CT molecular complexity index is 2840. The van der Waals surface area contributed by atoms with E-state index in [-0.39, 0.29) is 69.0 Å². The van der Waals surface area contributed by atoms with Crippen molar-refractivity contribution in [3.8, 4) is 34.2 Å². The van der Waals surface area contributed by atoms with E-state index in [1.54, 1.807) is 27.4 Å². The first-order valence-electron chi connectivity index (χ1n) is 26.1. The molecule has 3 fully saturated rings. The summed E-state index contributed by atoms with van der Waals surface area (Å²) in [5.74, 6) is -1.28. The SMILES string of the molecule is CCn1c(-c2cccnc2[C@H](C)OC)c2c3cc(ccc31)-c1cccc(c1)C[C@H](NC(=O)C(C(C)C)N(C)C(=O)C1CCN(C(=O)C#C[C@@H]3CC(F)(F)CN3C)C1)C(=O)N1CCC[C@H](CN1)C(=O)OCC(C)(C)C2. The third kappa shape index (κ3) is 11.7. The summed E-state index contributed by atoms with van der Waals surface area (Å²) in [5, 5.41) is 5.62. The number of aryl methyl sites for hydroxylation is 1. The van der Waals surface area contributed by atoms with Gasteiger partial charge >= 0.3 is 5.97 Å². The number of likely N-dealkylation sites (N-methyl/N-ethyl adjacent to an activating group) is 1. The number of carbonyl (C=O) groups excluding carboxylic acids is 5. The average Bonchev–Trinajstić information content (AvgIpc) is 3.99. The van der Waals surface area contributed by atoms with E-state index >= 15 is 0 Å². The van der Waals surface area contributed by atoms with Crippen LogP contribution in [0.1, 0.15) is 90.2 Å². The highest BCUT2D eigenvalue weighted by atomic mass is 19.3. The van der Waals surface area contributed by atoms with Crippen LogP contribution >= 0.6 is 0 Å². The number of cyclic esters (lactones) is 1. The number of fused-ring (bicyclic) bond motifs is 7. The zero-order valence-electron chi connectivity index (χ0n) is 44.3. The Morgan fingerprint density at radius 3 is 2.53 bits per heavy atom. The summed E-state index contributed by atoms with van der Waals surface area (Å²) in [5.41, 5.74) is 10.4. The van der Waals surface area contributed by atoms with Crippen molar-refractivity contribution in [2.45, 2.75) is 117 Å². The fourth-order valence-electron chi connectivity index (χ4n) is 11.3. The molecule has 17 heteroatoms. The van der Waals surface area contributed by atoms with Gasteiger partial charge in [0.1, 0.15) is 12.1 Å². The molecular weight excluding hydrogens is 947 g/mol. The Morgan fingerprint density at radius 1 is 1.04 bits per heavy atom. The van der Waals surface area contributed by atoms with E-state index in [4.69, 9.17) is 14.5 Å². The molecule has 2 N–H and O–H groups in total. The van der Waals surface area contributed by atoms with E-state index in [2.05, 4.69) is 78.3 Å². The number of aromatic nitrogens is 2. The Balaban J connectivity index is 1.10. The minimum Gasteiger partial charge on any atom is -0.465 e. The molecule has 2 unspecified atom stereocenters. The number of carbonyl (C=O) groups is 5. The molecule has 3 saturated heterocycles. The van der Waals surface area contributed by atoms with Crippen LogP contribution in [-0.2, 0) is 52.8 Å². The van der Waals surface area contributed by atoms with Crippen LogP contribution in [0.2, 0.25) is 0 Å². The lowest BCUT2D eigenvalue weighted by molar-refractivity contribution is -0.152. The van der Waals surface area contributed by atoms with Gasteiger partial charge in [0.15, 0.2) is 0 Å². The highest BCUT2D eigenvalue weighted by molar-refractivity contribution is 5.97. The molecule has 8 rings (SSSR count). The lowest BCUT2D eigenvalue weighted by Gasteiger charge is -2.34. The monoisotopic (exact) mass is 1020 g/mol. The maximum atomic E-state index is 14.8. The van der Waals surface area contributed by atoms with Crippen molar-refractivity contribution < 1.29 is 42.2 Å². The molecule has 74 heavy (non-hydrogen) atoms. The minimum absolute atomic E-state index is 0.0725. The van der Waals surface area contributed by atoms with Crippen molar-refractivity contribution in [1.82, 2.24) is 40.0 Å². The third-order valence-electron chi connectivity index (χ3n) is 15.3. The normalized spacial score (nSPS) is 23.1. The number of amides is 4. The molecule has 2 aromatic carbocycles. The van der Waals surface area contributed by atoms with Gasteiger partial charge in [-0.3, -0.25) is 38.9 Å². The summed E-state index contributed by atoms with van der Waals surface area (Å²) in [6.07, 6.45) is 3.12. The standard InChI is InChI=1S/C57H72F2N8O7/c1-10-66-47-20-18-39-28-44(47)45(51(66)43-17-12-23-60-49(43)36(4)73-9)30-56(5,6)34-74-55(72)40-16-13-24-67(61-31-40)54(71)46(27-37-14-11-15-38(39)26-37)62-52(69)50(35(2)3)64(8)53(70)41-22-25-65(32-41)48(68)21-19-42-29-57(58,59)33-63(42)7/h11-12,14-15,17-18,20,23,26,28,35-36,40-42,46,50,61H,10,13,16,22,24-25,27,29-34H2,1-9H3,(H,62,69)/t36-,40+,41?,42+,46-,50?/m0/s1. The van der Waals surface area contributed by atoms with E-state index < -0.39 is 66.1 Å². The maximum absolute atomic E-state index is 14.8. The number of ether oxygens (including phenoxy) is 2. The van der Waals surface area contributed by atoms with Gasteiger partial charge in [-0.2, -0.15) is 0 Å². The maximum Gasteiger partial charge on any atom is 0.310 e. The number of pyridine rings is 1. The van der Waals surface area contributed by atoms with Crippen molar-refractivity contribution in [1.29, 1.82) is 0 Å². The number of likely N-dealkylation sites (tertiary alicyclic amines) is 2. The molecular formula is C57H72F2N8O7. The second-order valence-electron chi connectivity index (χ2n) is 21.9. The van der Waals surface area contributed by atoms with Crippen molar-refractivity contribution in [3.63, 3.8) is 0 Å². The van der Waals surface area contributed by atoms with Crippen LogP contribution in [0.25, 0.3) is 33.3 Å². The van der Waals surface area contributed by atoms with Gasteiger partial charge in [-0.25, -0.2) is 14.2 Å². The van der Waals surface area contributed by atoms with Gasteiger partial charge in [0.2, 0.25) is 11.8 Å². The zero-order valence-corrected chi connectivity index (χ0v) is 44.3. The van der Waals surface area contributed by atoms with Crippen LogP contribution in [0.3, 0.4) is 0 Å². The number of esters is 1. The second kappa shape index (κ2) is 22.3. The summed E-state index contributed by atoms with van der Waals surface area (Å²) in [4.78, 5) is 79.9. The molecule has 4 aromatic rings. The predicted molar refractivity (Wildman–Crippen MR) is 278 cm³/mol. The molecule has 0 spiro atoms. The Labute approximate surface area is 433 Å². The quantitative estimate of drug-likeness (QED) is 0.137. The van der Waals surface area contributed by atoms with Crippen LogP contribution in [0.4, 0.5) is 8.78 Å². The fourth-order valence-corrected chi connectivity index (χ4v) is 11.3. The number of nitrogens with one attached hydrogen (secondary N) is 2. The van der Waals surface area contributed by atoms with Gasteiger partial charge in [0, 0.05) is 87.8 Å². The van der Waals surface area contributed by atoms with Gasteiger partial charge in [0.25, 0.3) is 17.7 Å². The van der Waals surface area contributed by atoms with Crippen LogP contribution in [-0.4, -0.2) is 143 Å². The first kappa shape index (κ1) is 54.1. The summed E-state index contributed by atoms with van der Waals surface area (Å²) in [6, 6.07) is 15.7. The van der Waals surface area contributed by atoms with Crippen molar-refractivity contribution in [2.24, 2.45) is 23.2 Å². The van der Waals surface area contributed by atoms with Crippen molar-refractivity contribution >= 4 is 40.5 Å². The molecule has 0 radical (unpaired) electrons. The van der Waals surface area contributed by atoms with Crippen LogP contribution in [0.15, 0.2) is 60.8 Å². The average molecular weight is 1020 g/mol. The Morgan fingerprint density at radius 2 is 1.81 bits per heavy atom. The number of halogens is 2. The van der Waals surface area contributed by atoms with Gasteiger partial charge in [-0.1, -0.05) is 63.9 Å².